The predicted octanol–water partition coefficient (Wildman–Crippen LogP) is 3.58. The zero-order valence-corrected chi connectivity index (χ0v) is 24.7. The first kappa shape index (κ1) is 30.1. The van der Waals surface area contributed by atoms with E-state index in [2.05, 4.69) is 10.6 Å². The summed E-state index contributed by atoms with van der Waals surface area (Å²) in [7, 11) is 0. The number of rotatable bonds is 9. The van der Waals surface area contributed by atoms with Crippen molar-refractivity contribution in [2.45, 2.75) is 63.6 Å². The quantitative estimate of drug-likeness (QED) is 0.290. The fourth-order valence-corrected chi connectivity index (χ4v) is 6.24. The Balaban J connectivity index is 1.56. The third-order valence-corrected chi connectivity index (χ3v) is 9.04. The highest BCUT2D eigenvalue weighted by Crippen LogP contribution is 2.40. The number of nitrogens with zero attached hydrogens (tertiary/aromatic N) is 1. The number of carbonyl (C=O) groups excluding carboxylic acids is 3. The van der Waals surface area contributed by atoms with Crippen molar-refractivity contribution >= 4 is 35.2 Å². The molecule has 5 N–H and O–H groups in total. The largest absolute Gasteiger partial charge is 0.398 e. The van der Waals surface area contributed by atoms with Gasteiger partial charge in [0, 0.05) is 22.5 Å². The maximum absolute atomic E-state index is 13.9. The minimum absolute atomic E-state index is 0.218. The molecule has 3 aromatic rings. The van der Waals surface area contributed by atoms with Gasteiger partial charge in [0.15, 0.2) is 6.10 Å². The second-order valence-electron chi connectivity index (χ2n) is 11.0. The van der Waals surface area contributed by atoms with Crippen LogP contribution >= 0.6 is 11.8 Å². The van der Waals surface area contributed by atoms with E-state index >= 15 is 0 Å². The van der Waals surface area contributed by atoms with Crippen LogP contribution in [0.3, 0.4) is 0 Å². The molecule has 8 nitrogen and oxygen atoms in total. The fourth-order valence-electron chi connectivity index (χ4n) is 5.10. The summed E-state index contributed by atoms with van der Waals surface area (Å²) in [4.78, 5) is 42.1. The SMILES string of the molecule is Cc1ccccc1CNC(=O)C1N(C(=O)[C@@H](O)[C@H](Cc2ccccc2)NC(=O)c2cccc(N)c2C)CSC1(C)C. The molecule has 41 heavy (non-hydrogen) atoms. The molecule has 1 fully saturated rings. The van der Waals surface area contributed by atoms with Crippen molar-refractivity contribution in [3.63, 3.8) is 0 Å². The molecule has 1 heterocycles. The lowest BCUT2D eigenvalue weighted by atomic mass is 9.96. The van der Waals surface area contributed by atoms with Crippen LogP contribution in [-0.4, -0.2) is 56.5 Å². The van der Waals surface area contributed by atoms with E-state index < -0.39 is 34.7 Å². The molecule has 1 unspecified atom stereocenters. The molecule has 4 rings (SSSR count). The number of nitrogen functional groups attached to an aromatic ring is 1. The molecule has 0 aromatic heterocycles. The number of nitrogens with two attached hydrogens (primary N) is 1. The molecular formula is C32H38N4O4S. The summed E-state index contributed by atoms with van der Waals surface area (Å²) in [6, 6.07) is 20.4. The molecule has 1 saturated heterocycles. The predicted molar refractivity (Wildman–Crippen MR) is 163 cm³/mol. The van der Waals surface area contributed by atoms with E-state index in [0.29, 0.717) is 23.4 Å². The van der Waals surface area contributed by atoms with Gasteiger partial charge in [-0.3, -0.25) is 14.4 Å². The third kappa shape index (κ3) is 6.92. The number of thioether (sulfide) groups is 1. The van der Waals surface area contributed by atoms with Gasteiger partial charge in [0.25, 0.3) is 11.8 Å². The zero-order chi connectivity index (χ0) is 29.7. The van der Waals surface area contributed by atoms with Crippen molar-refractivity contribution in [1.29, 1.82) is 0 Å². The van der Waals surface area contributed by atoms with Gasteiger partial charge in [-0.2, -0.15) is 0 Å². The highest BCUT2D eigenvalue weighted by Gasteiger charge is 2.49. The Hall–Kier alpha value is -3.82. The summed E-state index contributed by atoms with van der Waals surface area (Å²) in [5.74, 6) is -1.09. The normalized spacial score (nSPS) is 17.5. The van der Waals surface area contributed by atoms with E-state index in [1.165, 1.54) is 16.7 Å². The topological polar surface area (TPSA) is 125 Å². The number of aliphatic hydroxyl groups is 1. The molecule has 1 aliphatic rings. The lowest BCUT2D eigenvalue weighted by Crippen LogP contribution is -2.58. The minimum atomic E-state index is -1.58. The number of hydrogen-bond acceptors (Lipinski definition) is 6. The van der Waals surface area contributed by atoms with Gasteiger partial charge in [-0.25, -0.2) is 0 Å². The maximum atomic E-state index is 13.9. The van der Waals surface area contributed by atoms with Crippen LogP contribution in [0.4, 0.5) is 5.69 Å². The number of carbonyl (C=O) groups is 3. The Bertz CT molecular complexity index is 1410. The van der Waals surface area contributed by atoms with E-state index in [1.807, 2.05) is 75.4 Å². The van der Waals surface area contributed by atoms with Crippen LogP contribution in [0.5, 0.6) is 0 Å². The lowest BCUT2D eigenvalue weighted by Gasteiger charge is -2.33. The molecule has 0 bridgehead atoms. The van der Waals surface area contributed by atoms with Crippen molar-refractivity contribution < 1.29 is 19.5 Å². The van der Waals surface area contributed by atoms with Crippen molar-refractivity contribution in [1.82, 2.24) is 15.5 Å². The van der Waals surface area contributed by atoms with E-state index in [4.69, 9.17) is 5.73 Å². The highest BCUT2D eigenvalue weighted by atomic mass is 32.2. The van der Waals surface area contributed by atoms with Crippen molar-refractivity contribution in [3.05, 3.63) is 101 Å². The number of nitrogens with one attached hydrogen (secondary N) is 2. The first-order valence-corrected chi connectivity index (χ1v) is 14.6. The van der Waals surface area contributed by atoms with Gasteiger partial charge in [-0.05, 0) is 68.5 Å². The summed E-state index contributed by atoms with van der Waals surface area (Å²) in [6.45, 7) is 7.90. The third-order valence-electron chi connectivity index (χ3n) is 7.66. The summed E-state index contributed by atoms with van der Waals surface area (Å²) in [5, 5.41) is 17.3. The number of aryl methyl sites for hydroxylation is 1. The molecule has 0 aliphatic carbocycles. The van der Waals surface area contributed by atoms with E-state index in [0.717, 1.165) is 16.7 Å². The van der Waals surface area contributed by atoms with Gasteiger partial charge in [-0.15, -0.1) is 11.8 Å². The van der Waals surface area contributed by atoms with Crippen LogP contribution in [0.15, 0.2) is 72.8 Å². The molecule has 1 aliphatic heterocycles. The molecule has 216 valence electrons. The molecule has 9 heteroatoms. The molecule has 0 spiro atoms. The average molecular weight is 575 g/mol. The Morgan fingerprint density at radius 2 is 1.71 bits per heavy atom. The van der Waals surface area contributed by atoms with Crippen LogP contribution < -0.4 is 16.4 Å². The monoisotopic (exact) mass is 574 g/mol. The zero-order valence-electron chi connectivity index (χ0n) is 23.9. The van der Waals surface area contributed by atoms with Gasteiger partial charge in [-0.1, -0.05) is 60.7 Å². The van der Waals surface area contributed by atoms with E-state index in [1.54, 1.807) is 25.1 Å². The van der Waals surface area contributed by atoms with Crippen molar-refractivity contribution in [2.75, 3.05) is 11.6 Å². The first-order chi connectivity index (χ1) is 19.5. The summed E-state index contributed by atoms with van der Waals surface area (Å²) in [6.07, 6.45) is -1.36. The van der Waals surface area contributed by atoms with Gasteiger partial charge in [0.05, 0.1) is 11.9 Å². The van der Waals surface area contributed by atoms with Crippen LogP contribution in [-0.2, 0) is 22.6 Å². The summed E-state index contributed by atoms with van der Waals surface area (Å²) < 4.78 is -0.581. The molecular weight excluding hydrogens is 536 g/mol. The Kier molecular flexibility index (Phi) is 9.40. The number of aliphatic hydroxyl groups excluding tert-OH is 1. The highest BCUT2D eigenvalue weighted by molar-refractivity contribution is 8.00. The number of anilines is 1. The van der Waals surface area contributed by atoms with Crippen LogP contribution in [0.1, 0.15) is 46.5 Å². The van der Waals surface area contributed by atoms with Crippen LogP contribution in [0.25, 0.3) is 0 Å². The van der Waals surface area contributed by atoms with Gasteiger partial charge in [0.2, 0.25) is 5.91 Å². The Labute approximate surface area is 245 Å². The van der Waals surface area contributed by atoms with Gasteiger partial charge in [0.1, 0.15) is 6.04 Å². The Morgan fingerprint density at radius 1 is 1.02 bits per heavy atom. The van der Waals surface area contributed by atoms with Gasteiger partial charge >= 0.3 is 0 Å². The molecule has 0 radical (unpaired) electrons. The summed E-state index contributed by atoms with van der Waals surface area (Å²) >= 11 is 1.48. The second kappa shape index (κ2) is 12.8. The average Bonchev–Trinajstić information content (AvgIpc) is 3.28. The Morgan fingerprint density at radius 3 is 2.41 bits per heavy atom. The smallest absolute Gasteiger partial charge is 0.254 e. The van der Waals surface area contributed by atoms with Crippen molar-refractivity contribution in [3.8, 4) is 0 Å². The van der Waals surface area contributed by atoms with Crippen LogP contribution in [0, 0.1) is 13.8 Å². The van der Waals surface area contributed by atoms with Crippen LogP contribution in [0.2, 0.25) is 0 Å². The van der Waals surface area contributed by atoms with Crippen molar-refractivity contribution in [2.24, 2.45) is 0 Å². The van der Waals surface area contributed by atoms with E-state index in [9.17, 15) is 19.5 Å². The summed E-state index contributed by atoms with van der Waals surface area (Å²) in [5.41, 5.74) is 10.4. The number of benzene rings is 3. The van der Waals surface area contributed by atoms with Gasteiger partial charge < -0.3 is 26.4 Å². The second-order valence-corrected chi connectivity index (χ2v) is 12.6. The molecule has 3 atom stereocenters. The minimum Gasteiger partial charge on any atom is -0.398 e. The lowest BCUT2D eigenvalue weighted by molar-refractivity contribution is -0.147. The molecule has 0 saturated carbocycles. The number of hydrogen-bond donors (Lipinski definition) is 4. The number of amides is 3. The maximum Gasteiger partial charge on any atom is 0.254 e. The van der Waals surface area contributed by atoms with E-state index in [-0.39, 0.29) is 18.2 Å². The molecule has 3 aromatic carbocycles. The standard InChI is InChI=1S/C32H38N4O4S/c1-20-11-8-9-14-23(20)18-34-30(39)28-32(3,4)41-19-36(28)31(40)27(37)26(17-22-12-6-5-7-13-22)35-29(38)24-15-10-16-25(33)21(24)2/h5-16,26-28,37H,17-19,33H2,1-4H3,(H,34,39)(H,35,38)/t26-,27-,28?/m0/s1. The molecule has 3 amide bonds. The fraction of sp³-hybridized carbons (Fsp3) is 0.344. The first-order valence-electron chi connectivity index (χ1n) is 13.6.